The van der Waals surface area contributed by atoms with Crippen molar-refractivity contribution < 1.29 is 14.3 Å². The summed E-state index contributed by atoms with van der Waals surface area (Å²) in [6.45, 7) is 2.09. The van der Waals surface area contributed by atoms with Gasteiger partial charge in [0.05, 0.1) is 13.0 Å². The zero-order valence-corrected chi connectivity index (χ0v) is 10.3. The van der Waals surface area contributed by atoms with Crippen molar-refractivity contribution >= 4 is 21.9 Å². The quantitative estimate of drug-likeness (QED) is 0.791. The minimum atomic E-state index is -0.259. The zero-order valence-electron chi connectivity index (χ0n) is 8.70. The lowest BCUT2D eigenvalue weighted by Gasteiger charge is -2.11. The van der Waals surface area contributed by atoms with E-state index < -0.39 is 0 Å². The standard InChI is InChI=1S/C11H13BrO3/c1-8(11(13)14-2)7-15-10-5-3-4-9(12)6-10/h3-6,8H,7H2,1-2H3. The van der Waals surface area contributed by atoms with Crippen LogP contribution in [0.25, 0.3) is 0 Å². The first-order chi connectivity index (χ1) is 7.13. The van der Waals surface area contributed by atoms with Crippen molar-refractivity contribution in [1.82, 2.24) is 0 Å². The van der Waals surface area contributed by atoms with Crippen LogP contribution in [-0.4, -0.2) is 19.7 Å². The van der Waals surface area contributed by atoms with Crippen molar-refractivity contribution in [3.8, 4) is 5.75 Å². The predicted molar refractivity (Wildman–Crippen MR) is 60.8 cm³/mol. The molecule has 0 fully saturated rings. The minimum Gasteiger partial charge on any atom is -0.493 e. The van der Waals surface area contributed by atoms with E-state index in [9.17, 15) is 4.79 Å². The van der Waals surface area contributed by atoms with E-state index in [1.165, 1.54) is 7.11 Å². The van der Waals surface area contributed by atoms with E-state index in [0.29, 0.717) is 6.61 Å². The van der Waals surface area contributed by atoms with Crippen LogP contribution in [-0.2, 0) is 9.53 Å². The zero-order chi connectivity index (χ0) is 11.3. The topological polar surface area (TPSA) is 35.5 Å². The molecule has 0 heterocycles. The highest BCUT2D eigenvalue weighted by Crippen LogP contribution is 2.18. The van der Waals surface area contributed by atoms with Crippen LogP contribution >= 0.6 is 15.9 Å². The Hall–Kier alpha value is -1.03. The van der Waals surface area contributed by atoms with Gasteiger partial charge in [-0.05, 0) is 25.1 Å². The molecule has 0 radical (unpaired) electrons. The molecule has 82 valence electrons. The number of hydrogen-bond acceptors (Lipinski definition) is 3. The van der Waals surface area contributed by atoms with E-state index in [1.54, 1.807) is 6.92 Å². The first-order valence-corrected chi connectivity index (χ1v) is 5.39. The van der Waals surface area contributed by atoms with Crippen LogP contribution < -0.4 is 4.74 Å². The fraction of sp³-hybridized carbons (Fsp3) is 0.364. The van der Waals surface area contributed by atoms with Crippen molar-refractivity contribution in [3.63, 3.8) is 0 Å². The van der Waals surface area contributed by atoms with Crippen LogP contribution in [0.5, 0.6) is 5.75 Å². The lowest BCUT2D eigenvalue weighted by atomic mass is 10.2. The number of carbonyl (C=O) groups is 1. The molecule has 0 N–H and O–H groups in total. The number of carbonyl (C=O) groups excluding carboxylic acids is 1. The highest BCUT2D eigenvalue weighted by Gasteiger charge is 2.13. The van der Waals surface area contributed by atoms with Crippen LogP contribution in [0.1, 0.15) is 6.92 Å². The number of esters is 1. The Morgan fingerprint density at radius 1 is 1.53 bits per heavy atom. The van der Waals surface area contributed by atoms with Crippen molar-refractivity contribution in [2.75, 3.05) is 13.7 Å². The Morgan fingerprint density at radius 3 is 2.87 bits per heavy atom. The molecule has 3 nitrogen and oxygen atoms in total. The molecular formula is C11H13BrO3. The molecule has 1 aromatic rings. The molecule has 0 saturated carbocycles. The molecule has 15 heavy (non-hydrogen) atoms. The van der Waals surface area contributed by atoms with E-state index in [4.69, 9.17) is 4.74 Å². The summed E-state index contributed by atoms with van der Waals surface area (Å²) in [6.07, 6.45) is 0. The minimum absolute atomic E-state index is 0.256. The molecule has 4 heteroatoms. The molecule has 0 amide bonds. The number of rotatable bonds is 4. The fourth-order valence-electron chi connectivity index (χ4n) is 1.05. The summed E-state index contributed by atoms with van der Waals surface area (Å²) in [4.78, 5) is 11.1. The van der Waals surface area contributed by atoms with Crippen LogP contribution in [0.4, 0.5) is 0 Å². The van der Waals surface area contributed by atoms with Crippen molar-refractivity contribution in [1.29, 1.82) is 0 Å². The summed E-state index contributed by atoms with van der Waals surface area (Å²) >= 11 is 3.34. The van der Waals surface area contributed by atoms with Gasteiger partial charge in [0.2, 0.25) is 0 Å². The van der Waals surface area contributed by atoms with Crippen molar-refractivity contribution in [2.24, 2.45) is 5.92 Å². The molecule has 0 aliphatic heterocycles. The Labute approximate surface area is 97.5 Å². The number of methoxy groups -OCH3 is 1. The van der Waals surface area contributed by atoms with E-state index in [-0.39, 0.29) is 11.9 Å². The second kappa shape index (κ2) is 5.75. The van der Waals surface area contributed by atoms with E-state index in [0.717, 1.165) is 10.2 Å². The molecule has 1 rings (SSSR count). The number of hydrogen-bond donors (Lipinski definition) is 0. The smallest absolute Gasteiger partial charge is 0.311 e. The van der Waals surface area contributed by atoms with Crippen LogP contribution in [0.2, 0.25) is 0 Å². The maximum absolute atomic E-state index is 11.1. The average Bonchev–Trinajstić information content (AvgIpc) is 2.25. The summed E-state index contributed by atoms with van der Waals surface area (Å²) in [7, 11) is 1.37. The van der Waals surface area contributed by atoms with Gasteiger partial charge in [0.1, 0.15) is 12.4 Å². The first kappa shape index (κ1) is 12.0. The molecule has 0 aliphatic rings. The molecular weight excluding hydrogens is 260 g/mol. The molecule has 1 aromatic carbocycles. The monoisotopic (exact) mass is 272 g/mol. The third-order valence-electron chi connectivity index (χ3n) is 1.90. The largest absolute Gasteiger partial charge is 0.493 e. The third kappa shape index (κ3) is 3.91. The van der Waals surface area contributed by atoms with Gasteiger partial charge < -0.3 is 9.47 Å². The Morgan fingerprint density at radius 2 is 2.27 bits per heavy atom. The Bertz CT molecular complexity index is 338. The van der Waals surface area contributed by atoms with Crippen molar-refractivity contribution in [2.45, 2.75) is 6.92 Å². The second-order valence-electron chi connectivity index (χ2n) is 3.19. The number of halogens is 1. The normalized spacial score (nSPS) is 11.9. The number of benzene rings is 1. The maximum Gasteiger partial charge on any atom is 0.311 e. The van der Waals surface area contributed by atoms with Gasteiger partial charge in [-0.3, -0.25) is 4.79 Å². The molecule has 0 aromatic heterocycles. The summed E-state index contributed by atoms with van der Waals surface area (Å²) in [5.41, 5.74) is 0. The van der Waals surface area contributed by atoms with Crippen molar-refractivity contribution in [3.05, 3.63) is 28.7 Å². The van der Waals surface area contributed by atoms with Crippen LogP contribution in [0, 0.1) is 5.92 Å². The SMILES string of the molecule is COC(=O)C(C)COc1cccc(Br)c1. The fourth-order valence-corrected chi connectivity index (χ4v) is 1.43. The van der Waals surface area contributed by atoms with E-state index in [1.807, 2.05) is 24.3 Å². The van der Waals surface area contributed by atoms with Crippen LogP contribution in [0.3, 0.4) is 0 Å². The van der Waals surface area contributed by atoms with Gasteiger partial charge in [0.25, 0.3) is 0 Å². The molecule has 1 unspecified atom stereocenters. The highest BCUT2D eigenvalue weighted by atomic mass is 79.9. The van der Waals surface area contributed by atoms with E-state index >= 15 is 0 Å². The van der Waals surface area contributed by atoms with Gasteiger partial charge in [0.15, 0.2) is 0 Å². The Balaban J connectivity index is 2.47. The summed E-state index contributed by atoms with van der Waals surface area (Å²) in [5, 5.41) is 0. The maximum atomic E-state index is 11.1. The lowest BCUT2D eigenvalue weighted by Crippen LogP contribution is -2.19. The summed E-state index contributed by atoms with van der Waals surface area (Å²) in [5.74, 6) is 0.221. The van der Waals surface area contributed by atoms with Gasteiger partial charge in [-0.1, -0.05) is 22.0 Å². The van der Waals surface area contributed by atoms with Gasteiger partial charge in [0, 0.05) is 4.47 Å². The first-order valence-electron chi connectivity index (χ1n) is 4.59. The van der Waals surface area contributed by atoms with Gasteiger partial charge >= 0.3 is 5.97 Å². The highest BCUT2D eigenvalue weighted by molar-refractivity contribution is 9.10. The van der Waals surface area contributed by atoms with Gasteiger partial charge in [-0.15, -0.1) is 0 Å². The Kier molecular flexibility index (Phi) is 4.62. The molecule has 0 spiro atoms. The summed E-state index contributed by atoms with van der Waals surface area (Å²) in [6, 6.07) is 7.48. The summed E-state index contributed by atoms with van der Waals surface area (Å²) < 4.78 is 11.0. The molecule has 1 atom stereocenters. The molecule has 0 saturated heterocycles. The van der Waals surface area contributed by atoms with Crippen LogP contribution in [0.15, 0.2) is 28.7 Å². The molecule has 0 aliphatic carbocycles. The predicted octanol–water partition coefficient (Wildman–Crippen LogP) is 2.64. The molecule has 0 bridgehead atoms. The van der Waals surface area contributed by atoms with Gasteiger partial charge in [-0.2, -0.15) is 0 Å². The average molecular weight is 273 g/mol. The second-order valence-corrected chi connectivity index (χ2v) is 4.11. The lowest BCUT2D eigenvalue weighted by molar-refractivity contribution is -0.145. The van der Waals surface area contributed by atoms with E-state index in [2.05, 4.69) is 20.7 Å². The number of ether oxygens (including phenoxy) is 2. The third-order valence-corrected chi connectivity index (χ3v) is 2.39. The van der Waals surface area contributed by atoms with Gasteiger partial charge in [-0.25, -0.2) is 0 Å².